The minimum Gasteiger partial charge on any atom is -0.309 e. The summed E-state index contributed by atoms with van der Waals surface area (Å²) >= 11 is 0. The molecule has 0 radical (unpaired) electrons. The van der Waals surface area contributed by atoms with E-state index in [9.17, 15) is 13.2 Å². The van der Waals surface area contributed by atoms with Gasteiger partial charge in [0.2, 0.25) is 15.9 Å². The van der Waals surface area contributed by atoms with Gasteiger partial charge in [-0.25, -0.2) is 13.4 Å². The molecule has 1 amide bonds. The molecule has 7 nitrogen and oxygen atoms in total. The number of carbonyl (C=O) groups excluding carboxylic acids is 1. The number of hydrogen-bond acceptors (Lipinski definition) is 5. The number of piperidine rings is 1. The molecule has 132 valence electrons. The third-order valence-corrected chi connectivity index (χ3v) is 6.21. The average Bonchev–Trinajstić information content (AvgIpc) is 2.63. The molecule has 1 aromatic heterocycles. The highest BCUT2D eigenvalue weighted by molar-refractivity contribution is 7.89. The topological polar surface area (TPSA) is 92.3 Å². The van der Waals surface area contributed by atoms with Crippen LogP contribution < -0.4 is 5.32 Å². The summed E-state index contributed by atoms with van der Waals surface area (Å²) in [6.45, 7) is 2.57. The number of sulfonamides is 1. The SMILES string of the molecule is Cc1ccc(S(=O)(=O)N2CCC(C(=O)Nc3cnccn3)CC2)cc1. The van der Waals surface area contributed by atoms with Crippen molar-refractivity contribution >= 4 is 21.7 Å². The molecule has 0 saturated carbocycles. The van der Waals surface area contributed by atoms with Crippen LogP contribution >= 0.6 is 0 Å². The van der Waals surface area contributed by atoms with Gasteiger partial charge >= 0.3 is 0 Å². The highest BCUT2D eigenvalue weighted by atomic mass is 32.2. The number of nitrogens with one attached hydrogen (secondary N) is 1. The molecule has 1 saturated heterocycles. The summed E-state index contributed by atoms with van der Waals surface area (Å²) in [7, 11) is -3.51. The van der Waals surface area contributed by atoms with Crippen LogP contribution in [0.25, 0.3) is 0 Å². The summed E-state index contributed by atoms with van der Waals surface area (Å²) in [6, 6.07) is 6.82. The summed E-state index contributed by atoms with van der Waals surface area (Å²) in [6.07, 6.45) is 5.49. The van der Waals surface area contributed by atoms with Crippen LogP contribution in [-0.2, 0) is 14.8 Å². The normalized spacial score (nSPS) is 16.5. The Kier molecular flexibility index (Phi) is 5.10. The number of carbonyl (C=O) groups is 1. The van der Waals surface area contributed by atoms with E-state index in [0.717, 1.165) is 5.56 Å². The van der Waals surface area contributed by atoms with E-state index in [1.165, 1.54) is 22.9 Å². The van der Waals surface area contributed by atoms with Gasteiger partial charge in [-0.05, 0) is 31.9 Å². The van der Waals surface area contributed by atoms with Gasteiger partial charge in [0.1, 0.15) is 0 Å². The fourth-order valence-corrected chi connectivity index (χ4v) is 4.28. The fourth-order valence-electron chi connectivity index (χ4n) is 2.81. The third-order valence-electron chi connectivity index (χ3n) is 4.30. The lowest BCUT2D eigenvalue weighted by molar-refractivity contribution is -0.120. The van der Waals surface area contributed by atoms with Crippen LogP contribution in [0.15, 0.2) is 47.8 Å². The standard InChI is InChI=1S/C17H20N4O3S/c1-13-2-4-15(5-3-13)25(23,24)21-10-6-14(7-11-21)17(22)20-16-12-18-8-9-19-16/h2-5,8-9,12,14H,6-7,10-11H2,1H3,(H,19,20,22). The summed E-state index contributed by atoms with van der Waals surface area (Å²) in [5.41, 5.74) is 1.01. The zero-order valence-corrected chi connectivity index (χ0v) is 14.7. The molecule has 0 bridgehead atoms. The van der Waals surface area contributed by atoms with Crippen molar-refractivity contribution in [3.05, 3.63) is 48.4 Å². The lowest BCUT2D eigenvalue weighted by Gasteiger charge is -2.30. The number of aromatic nitrogens is 2. The summed E-state index contributed by atoms with van der Waals surface area (Å²) < 4.78 is 26.8. The van der Waals surface area contributed by atoms with E-state index in [1.807, 2.05) is 6.92 Å². The van der Waals surface area contributed by atoms with Crippen molar-refractivity contribution in [1.29, 1.82) is 0 Å². The van der Waals surface area contributed by atoms with Gasteiger partial charge in [-0.3, -0.25) is 9.78 Å². The molecule has 1 fully saturated rings. The van der Waals surface area contributed by atoms with Gasteiger partial charge < -0.3 is 5.32 Å². The van der Waals surface area contributed by atoms with Gasteiger partial charge in [0.05, 0.1) is 11.1 Å². The third kappa shape index (κ3) is 4.02. The molecule has 0 atom stereocenters. The first-order valence-electron chi connectivity index (χ1n) is 8.10. The number of nitrogens with zero attached hydrogens (tertiary/aromatic N) is 3. The summed E-state index contributed by atoms with van der Waals surface area (Å²) in [4.78, 5) is 20.5. The van der Waals surface area contributed by atoms with E-state index in [0.29, 0.717) is 36.6 Å². The van der Waals surface area contributed by atoms with Gasteiger partial charge in [0.25, 0.3) is 0 Å². The van der Waals surface area contributed by atoms with Crippen molar-refractivity contribution in [2.24, 2.45) is 5.92 Å². The van der Waals surface area contributed by atoms with Gasteiger partial charge in [-0.15, -0.1) is 0 Å². The molecule has 0 aliphatic carbocycles. The van der Waals surface area contributed by atoms with Crippen molar-refractivity contribution in [2.75, 3.05) is 18.4 Å². The van der Waals surface area contributed by atoms with Crippen LogP contribution in [0.2, 0.25) is 0 Å². The highest BCUT2D eigenvalue weighted by Crippen LogP contribution is 2.24. The first kappa shape index (κ1) is 17.5. The molecule has 8 heteroatoms. The molecule has 1 aromatic carbocycles. The fraction of sp³-hybridized carbons (Fsp3) is 0.353. The second-order valence-electron chi connectivity index (χ2n) is 6.07. The first-order valence-corrected chi connectivity index (χ1v) is 9.54. The minimum absolute atomic E-state index is 0.145. The Hall–Kier alpha value is -2.32. The van der Waals surface area contributed by atoms with Crippen molar-refractivity contribution in [3.8, 4) is 0 Å². The number of hydrogen-bond donors (Lipinski definition) is 1. The summed E-state index contributed by atoms with van der Waals surface area (Å²) in [5.74, 6) is 0.0292. The number of aryl methyl sites for hydroxylation is 1. The highest BCUT2D eigenvalue weighted by Gasteiger charge is 2.32. The molecular weight excluding hydrogens is 340 g/mol. The van der Waals surface area contributed by atoms with Crippen LogP contribution in [0, 0.1) is 12.8 Å². The Morgan fingerprint density at radius 3 is 2.44 bits per heavy atom. The molecule has 3 rings (SSSR count). The average molecular weight is 360 g/mol. The Balaban J connectivity index is 1.61. The molecule has 1 aliphatic heterocycles. The molecule has 2 aromatic rings. The van der Waals surface area contributed by atoms with Gasteiger partial charge in [0, 0.05) is 31.4 Å². The first-order chi connectivity index (χ1) is 12.0. The predicted molar refractivity (Wildman–Crippen MR) is 93.3 cm³/mol. The second kappa shape index (κ2) is 7.28. The van der Waals surface area contributed by atoms with E-state index in [2.05, 4.69) is 15.3 Å². The quantitative estimate of drug-likeness (QED) is 0.898. The van der Waals surface area contributed by atoms with Crippen molar-refractivity contribution in [1.82, 2.24) is 14.3 Å². The van der Waals surface area contributed by atoms with Crippen LogP contribution in [-0.4, -0.2) is 41.7 Å². The Bertz CT molecular complexity index is 830. The minimum atomic E-state index is -3.51. The lowest BCUT2D eigenvalue weighted by Crippen LogP contribution is -2.41. The van der Waals surface area contributed by atoms with E-state index < -0.39 is 10.0 Å². The number of benzene rings is 1. The second-order valence-corrected chi connectivity index (χ2v) is 8.01. The maximum absolute atomic E-state index is 12.7. The van der Waals surface area contributed by atoms with Crippen molar-refractivity contribution in [3.63, 3.8) is 0 Å². The molecule has 2 heterocycles. The van der Waals surface area contributed by atoms with Gasteiger partial charge in [0.15, 0.2) is 5.82 Å². The van der Waals surface area contributed by atoms with E-state index in [1.54, 1.807) is 24.3 Å². The van der Waals surface area contributed by atoms with Crippen LogP contribution in [0.3, 0.4) is 0 Å². The lowest BCUT2D eigenvalue weighted by atomic mass is 9.97. The van der Waals surface area contributed by atoms with Crippen molar-refractivity contribution in [2.45, 2.75) is 24.7 Å². The van der Waals surface area contributed by atoms with E-state index in [-0.39, 0.29) is 11.8 Å². The van der Waals surface area contributed by atoms with Crippen LogP contribution in [0.1, 0.15) is 18.4 Å². The van der Waals surface area contributed by atoms with Gasteiger partial charge in [-0.2, -0.15) is 4.31 Å². The molecular formula is C17H20N4O3S. The largest absolute Gasteiger partial charge is 0.309 e. The Morgan fingerprint density at radius 2 is 1.84 bits per heavy atom. The summed E-state index contributed by atoms with van der Waals surface area (Å²) in [5, 5.41) is 2.72. The van der Waals surface area contributed by atoms with E-state index >= 15 is 0 Å². The van der Waals surface area contributed by atoms with E-state index in [4.69, 9.17) is 0 Å². The molecule has 1 N–H and O–H groups in total. The number of rotatable bonds is 4. The van der Waals surface area contributed by atoms with Crippen molar-refractivity contribution < 1.29 is 13.2 Å². The molecule has 0 spiro atoms. The maximum Gasteiger partial charge on any atom is 0.243 e. The predicted octanol–water partition coefficient (Wildman–Crippen LogP) is 1.82. The smallest absolute Gasteiger partial charge is 0.243 e. The van der Waals surface area contributed by atoms with Crippen LogP contribution in [0.5, 0.6) is 0 Å². The Labute approximate surface area is 147 Å². The number of amides is 1. The maximum atomic E-state index is 12.7. The Morgan fingerprint density at radius 1 is 1.16 bits per heavy atom. The molecule has 25 heavy (non-hydrogen) atoms. The monoisotopic (exact) mass is 360 g/mol. The zero-order valence-electron chi connectivity index (χ0n) is 13.9. The number of anilines is 1. The molecule has 1 aliphatic rings. The van der Waals surface area contributed by atoms with Gasteiger partial charge in [-0.1, -0.05) is 17.7 Å². The molecule has 0 unspecified atom stereocenters. The zero-order chi connectivity index (χ0) is 17.9. The van der Waals surface area contributed by atoms with Crippen LogP contribution in [0.4, 0.5) is 5.82 Å².